The molecule has 6 nitrogen and oxygen atoms in total. The van der Waals surface area contributed by atoms with E-state index >= 15 is 0 Å². The van der Waals surface area contributed by atoms with E-state index in [1.807, 2.05) is 0 Å². The maximum absolute atomic E-state index is 11.3. The second kappa shape index (κ2) is 3.86. The Morgan fingerprint density at radius 3 is 2.62 bits per heavy atom. The first-order valence-corrected chi connectivity index (χ1v) is 7.13. The van der Waals surface area contributed by atoms with Gasteiger partial charge in [0, 0.05) is 20.2 Å². The van der Waals surface area contributed by atoms with Crippen molar-refractivity contribution in [1.29, 1.82) is 0 Å². The van der Waals surface area contributed by atoms with Crippen LogP contribution in [0.4, 0.5) is 0 Å². The van der Waals surface area contributed by atoms with Crippen molar-refractivity contribution in [3.05, 3.63) is 0 Å². The third-order valence-electron chi connectivity index (χ3n) is 1.59. The van der Waals surface area contributed by atoms with E-state index in [2.05, 4.69) is 8.71 Å². The van der Waals surface area contributed by atoms with Crippen LogP contribution in [-0.2, 0) is 17.8 Å². The minimum Gasteiger partial charge on any atom is -0.312 e. The van der Waals surface area contributed by atoms with Gasteiger partial charge in [-0.1, -0.05) is 0 Å². The van der Waals surface area contributed by atoms with Gasteiger partial charge in [0.05, 0.1) is 6.61 Å². The molecule has 13 heavy (non-hydrogen) atoms. The molecule has 1 heterocycles. The van der Waals surface area contributed by atoms with Crippen LogP contribution in [0.2, 0.25) is 0 Å². The minimum absolute atomic E-state index is 0.191. The van der Waals surface area contributed by atoms with Crippen molar-refractivity contribution in [2.24, 2.45) is 0 Å². The lowest BCUT2D eigenvalue weighted by molar-refractivity contribution is 0.206. The van der Waals surface area contributed by atoms with E-state index in [1.54, 1.807) is 0 Å². The van der Waals surface area contributed by atoms with Gasteiger partial charge in [-0.2, -0.15) is 0 Å². The molecule has 1 saturated heterocycles. The maximum Gasteiger partial charge on any atom is 0.328 e. The fourth-order valence-electron chi connectivity index (χ4n) is 0.862. The van der Waals surface area contributed by atoms with E-state index < -0.39 is 23.9 Å². The SMILES string of the molecule is COP(C)(=O)OC1CCOS1(O)O. The van der Waals surface area contributed by atoms with Crippen molar-refractivity contribution >= 4 is 18.5 Å². The van der Waals surface area contributed by atoms with Crippen LogP contribution >= 0.6 is 18.5 Å². The third-order valence-corrected chi connectivity index (χ3v) is 4.57. The van der Waals surface area contributed by atoms with Gasteiger partial charge < -0.3 is 13.6 Å². The van der Waals surface area contributed by atoms with Crippen molar-refractivity contribution in [2.75, 3.05) is 20.4 Å². The number of hydrogen-bond acceptors (Lipinski definition) is 6. The van der Waals surface area contributed by atoms with E-state index in [-0.39, 0.29) is 6.61 Å². The summed E-state index contributed by atoms with van der Waals surface area (Å²) in [6.45, 7) is 1.46. The summed E-state index contributed by atoms with van der Waals surface area (Å²) in [5, 5.41) is 0. The standard InChI is InChI=1S/C5H13O6PS/c1-9-12(2,6)11-5-3-4-10-13(5,7)8/h5,7-8H,3-4H2,1-2H3. The third kappa shape index (κ3) is 2.92. The highest BCUT2D eigenvalue weighted by Gasteiger charge is 2.41. The lowest BCUT2D eigenvalue weighted by atomic mass is 10.5. The monoisotopic (exact) mass is 232 g/mol. The summed E-state index contributed by atoms with van der Waals surface area (Å²) in [6.07, 6.45) is 0.309. The molecule has 2 N–H and O–H groups in total. The topological polar surface area (TPSA) is 85.2 Å². The first-order chi connectivity index (χ1) is 5.87. The summed E-state index contributed by atoms with van der Waals surface area (Å²) in [7, 11) is -5.15. The van der Waals surface area contributed by atoms with E-state index in [0.717, 1.165) is 0 Å². The Bertz CT molecular complexity index is 231. The molecular weight excluding hydrogens is 219 g/mol. The number of rotatable bonds is 3. The van der Waals surface area contributed by atoms with E-state index in [9.17, 15) is 13.7 Å². The van der Waals surface area contributed by atoms with Gasteiger partial charge in [-0.05, 0) is 0 Å². The smallest absolute Gasteiger partial charge is 0.312 e. The van der Waals surface area contributed by atoms with Gasteiger partial charge in [0.2, 0.25) is 0 Å². The van der Waals surface area contributed by atoms with Gasteiger partial charge in [-0.25, -0.2) is 0 Å². The molecule has 0 spiro atoms. The zero-order valence-corrected chi connectivity index (χ0v) is 9.09. The van der Waals surface area contributed by atoms with Crippen LogP contribution in [0.15, 0.2) is 0 Å². The predicted octanol–water partition coefficient (Wildman–Crippen LogP) is 1.88. The molecule has 8 heteroatoms. The molecule has 0 aromatic carbocycles. The maximum atomic E-state index is 11.3. The summed E-state index contributed by atoms with van der Waals surface area (Å²) in [4.78, 5) is 0. The highest BCUT2D eigenvalue weighted by molar-refractivity contribution is 8.20. The van der Waals surface area contributed by atoms with Gasteiger partial charge >= 0.3 is 7.60 Å². The van der Waals surface area contributed by atoms with Crippen LogP contribution < -0.4 is 0 Å². The molecule has 1 fully saturated rings. The molecule has 0 saturated carbocycles. The van der Waals surface area contributed by atoms with Crippen LogP contribution in [0.1, 0.15) is 6.42 Å². The summed E-state index contributed by atoms with van der Waals surface area (Å²) < 4.78 is 43.9. The summed E-state index contributed by atoms with van der Waals surface area (Å²) in [6, 6.07) is 0. The van der Waals surface area contributed by atoms with Gasteiger partial charge in [0.15, 0.2) is 5.44 Å². The van der Waals surface area contributed by atoms with Crippen molar-refractivity contribution in [2.45, 2.75) is 11.9 Å². The predicted molar refractivity (Wildman–Crippen MR) is 48.8 cm³/mol. The fourth-order valence-corrected chi connectivity index (χ4v) is 3.29. The lowest BCUT2D eigenvalue weighted by Gasteiger charge is -2.27. The molecule has 0 aromatic heterocycles. The highest BCUT2D eigenvalue weighted by Crippen LogP contribution is 2.58. The Kier molecular flexibility index (Phi) is 3.40. The summed E-state index contributed by atoms with van der Waals surface area (Å²) in [5.41, 5.74) is -0.941. The summed E-state index contributed by atoms with van der Waals surface area (Å²) >= 11 is 0. The van der Waals surface area contributed by atoms with Crippen LogP contribution in [0.5, 0.6) is 0 Å². The van der Waals surface area contributed by atoms with Gasteiger partial charge in [0.25, 0.3) is 0 Å². The quantitative estimate of drug-likeness (QED) is 0.722. The van der Waals surface area contributed by atoms with Crippen LogP contribution in [-0.4, -0.2) is 34.9 Å². The fraction of sp³-hybridized carbons (Fsp3) is 1.00. The lowest BCUT2D eigenvalue weighted by Crippen LogP contribution is -2.14. The first kappa shape index (κ1) is 11.5. The molecule has 0 aliphatic carbocycles. The molecule has 1 aliphatic heterocycles. The largest absolute Gasteiger partial charge is 0.328 e. The number of hydrogen-bond donors (Lipinski definition) is 2. The minimum atomic E-state index is -3.20. The molecule has 2 atom stereocenters. The second-order valence-electron chi connectivity index (χ2n) is 2.64. The van der Waals surface area contributed by atoms with Crippen LogP contribution in [0, 0.1) is 0 Å². The zero-order chi connectivity index (χ0) is 10.1. The molecule has 0 bridgehead atoms. The Morgan fingerprint density at radius 2 is 2.23 bits per heavy atom. The molecule has 1 aliphatic rings. The molecule has 0 aromatic rings. The van der Waals surface area contributed by atoms with Crippen molar-refractivity contribution in [1.82, 2.24) is 0 Å². The molecule has 0 radical (unpaired) electrons. The van der Waals surface area contributed by atoms with Crippen LogP contribution in [0.25, 0.3) is 0 Å². The van der Waals surface area contributed by atoms with Crippen molar-refractivity contribution in [3.8, 4) is 0 Å². The van der Waals surface area contributed by atoms with Gasteiger partial charge in [-0.15, -0.1) is 0 Å². The molecule has 2 unspecified atom stereocenters. The van der Waals surface area contributed by atoms with E-state index in [4.69, 9.17) is 4.52 Å². The average Bonchev–Trinajstić information content (AvgIpc) is 2.31. The molecular formula is C5H13O6PS. The van der Waals surface area contributed by atoms with Gasteiger partial charge in [0.1, 0.15) is 10.9 Å². The molecule has 80 valence electrons. The summed E-state index contributed by atoms with van der Waals surface area (Å²) in [5.74, 6) is 0. The van der Waals surface area contributed by atoms with Crippen LogP contribution in [0.3, 0.4) is 0 Å². The van der Waals surface area contributed by atoms with Crippen molar-refractivity contribution in [3.63, 3.8) is 0 Å². The molecule has 1 rings (SSSR count). The normalized spacial score (nSPS) is 34.0. The second-order valence-corrected chi connectivity index (χ2v) is 6.59. The zero-order valence-electron chi connectivity index (χ0n) is 7.37. The highest BCUT2D eigenvalue weighted by atomic mass is 32.3. The van der Waals surface area contributed by atoms with Crippen molar-refractivity contribution < 1.29 is 26.9 Å². The first-order valence-electron chi connectivity index (χ1n) is 3.60. The molecule has 0 amide bonds. The Labute approximate surface area is 78.3 Å². The Morgan fingerprint density at radius 1 is 1.62 bits per heavy atom. The van der Waals surface area contributed by atoms with E-state index in [0.29, 0.717) is 6.42 Å². The Hall–Kier alpha value is 0.380. The Balaban J connectivity index is 2.59. The van der Waals surface area contributed by atoms with E-state index in [1.165, 1.54) is 13.8 Å². The van der Waals surface area contributed by atoms with Gasteiger partial charge in [-0.3, -0.25) is 13.3 Å². The average molecular weight is 232 g/mol.